The van der Waals surface area contributed by atoms with Crippen molar-refractivity contribution in [1.82, 2.24) is 4.98 Å². The molecule has 0 amide bonds. The van der Waals surface area contributed by atoms with Crippen LogP contribution in [0.4, 0.5) is 0 Å². The van der Waals surface area contributed by atoms with Gasteiger partial charge in [0.25, 0.3) is 0 Å². The molecule has 4 heteroatoms. The average Bonchev–Trinajstić information content (AvgIpc) is 2.60. The number of nitrogens with zero attached hydrogens (tertiary/aromatic N) is 1. The predicted octanol–water partition coefficient (Wildman–Crippen LogP) is 2.43. The second-order valence-electron chi connectivity index (χ2n) is 4.90. The van der Waals surface area contributed by atoms with Crippen molar-refractivity contribution in [2.24, 2.45) is 5.92 Å². The van der Waals surface area contributed by atoms with Crippen LogP contribution in [0.15, 0.2) is 6.20 Å². The Morgan fingerprint density at radius 2 is 2.21 bits per heavy atom. The Balaban J connectivity index is 2.28. The molecule has 0 spiro atoms. The molecule has 1 aromatic heterocycles. The van der Waals surface area contributed by atoms with Gasteiger partial charge in [0.2, 0.25) is 0 Å². The second-order valence-corrected chi connectivity index (χ2v) is 4.90. The molecule has 1 atom stereocenters. The van der Waals surface area contributed by atoms with E-state index in [1.165, 1.54) is 0 Å². The van der Waals surface area contributed by atoms with Gasteiger partial charge in [-0.1, -0.05) is 19.8 Å². The molecule has 102 valence electrons. The molecular weight excluding hydrogens is 242 g/mol. The lowest BCUT2D eigenvalue weighted by Gasteiger charge is -2.18. The lowest BCUT2D eigenvalue weighted by atomic mass is 10.1. The fourth-order valence-electron chi connectivity index (χ4n) is 2.03. The van der Waals surface area contributed by atoms with Crippen molar-refractivity contribution in [1.29, 1.82) is 0 Å². The van der Waals surface area contributed by atoms with E-state index in [4.69, 9.17) is 20.6 Å². The summed E-state index contributed by atoms with van der Waals surface area (Å²) in [5.41, 5.74) is 2.81. The maximum absolute atomic E-state index is 5.78. The molecule has 0 aliphatic carbocycles. The SMILES string of the molecule is C#CCOc1c(C)ncc2c1COC(C(C)C)OC2. The molecule has 0 saturated heterocycles. The van der Waals surface area contributed by atoms with Crippen molar-refractivity contribution in [2.45, 2.75) is 40.3 Å². The van der Waals surface area contributed by atoms with Gasteiger partial charge in [-0.3, -0.25) is 4.98 Å². The van der Waals surface area contributed by atoms with Crippen molar-refractivity contribution in [3.8, 4) is 18.1 Å². The van der Waals surface area contributed by atoms with Gasteiger partial charge in [-0.05, 0) is 6.92 Å². The summed E-state index contributed by atoms with van der Waals surface area (Å²) >= 11 is 0. The zero-order chi connectivity index (χ0) is 13.8. The van der Waals surface area contributed by atoms with Crippen molar-refractivity contribution >= 4 is 0 Å². The normalized spacial score (nSPS) is 18.6. The largest absolute Gasteiger partial charge is 0.479 e. The highest BCUT2D eigenvalue weighted by Gasteiger charge is 2.23. The van der Waals surface area contributed by atoms with Crippen LogP contribution in [-0.2, 0) is 22.7 Å². The topological polar surface area (TPSA) is 40.6 Å². The molecular formula is C15H19NO3. The fraction of sp³-hybridized carbons (Fsp3) is 0.533. The van der Waals surface area contributed by atoms with Crippen LogP contribution in [-0.4, -0.2) is 17.9 Å². The number of fused-ring (bicyclic) bond motifs is 1. The number of aryl methyl sites for hydroxylation is 1. The van der Waals surface area contributed by atoms with Gasteiger partial charge >= 0.3 is 0 Å². The number of hydrogen-bond acceptors (Lipinski definition) is 4. The van der Waals surface area contributed by atoms with E-state index in [0.29, 0.717) is 19.1 Å². The van der Waals surface area contributed by atoms with E-state index in [-0.39, 0.29) is 12.9 Å². The average molecular weight is 261 g/mol. The molecule has 1 aliphatic heterocycles. The molecule has 0 radical (unpaired) electrons. The molecule has 0 fully saturated rings. The predicted molar refractivity (Wildman–Crippen MR) is 71.5 cm³/mol. The van der Waals surface area contributed by atoms with Crippen LogP contribution in [0, 0.1) is 25.2 Å². The van der Waals surface area contributed by atoms with Gasteiger partial charge in [-0.25, -0.2) is 0 Å². The summed E-state index contributed by atoms with van der Waals surface area (Å²) in [6.45, 7) is 7.21. The minimum Gasteiger partial charge on any atom is -0.479 e. The first-order valence-corrected chi connectivity index (χ1v) is 6.40. The van der Waals surface area contributed by atoms with E-state index < -0.39 is 0 Å². The molecule has 1 unspecified atom stereocenters. The van der Waals surface area contributed by atoms with Crippen LogP contribution in [0.5, 0.6) is 5.75 Å². The Hall–Kier alpha value is -1.57. The zero-order valence-corrected chi connectivity index (χ0v) is 11.6. The summed E-state index contributed by atoms with van der Waals surface area (Å²) in [6.07, 6.45) is 6.86. The number of aromatic nitrogens is 1. The summed E-state index contributed by atoms with van der Waals surface area (Å²) in [6, 6.07) is 0. The van der Waals surface area contributed by atoms with Crippen LogP contribution in [0.25, 0.3) is 0 Å². The number of terminal acetylenes is 1. The van der Waals surface area contributed by atoms with E-state index in [9.17, 15) is 0 Å². The summed E-state index contributed by atoms with van der Waals surface area (Å²) in [5.74, 6) is 3.50. The molecule has 2 heterocycles. The summed E-state index contributed by atoms with van der Waals surface area (Å²) in [4.78, 5) is 4.33. The standard InChI is InChI=1S/C15H19NO3/c1-5-6-17-14-11(4)16-7-12-8-18-15(10(2)3)19-9-13(12)14/h1,7,10,15H,6,8-9H2,2-4H3. The second kappa shape index (κ2) is 6.05. The number of ether oxygens (including phenoxy) is 3. The Kier molecular flexibility index (Phi) is 4.41. The van der Waals surface area contributed by atoms with Gasteiger partial charge in [-0.15, -0.1) is 6.42 Å². The monoisotopic (exact) mass is 261 g/mol. The molecule has 1 aliphatic rings. The van der Waals surface area contributed by atoms with Crippen LogP contribution < -0.4 is 4.74 Å². The molecule has 2 rings (SSSR count). The molecule has 0 bridgehead atoms. The quantitative estimate of drug-likeness (QED) is 0.784. The van der Waals surface area contributed by atoms with Crippen molar-refractivity contribution < 1.29 is 14.2 Å². The minimum atomic E-state index is -0.201. The maximum atomic E-state index is 5.78. The lowest BCUT2D eigenvalue weighted by Crippen LogP contribution is -2.21. The van der Waals surface area contributed by atoms with Gasteiger partial charge < -0.3 is 14.2 Å². The van der Waals surface area contributed by atoms with E-state index in [1.807, 2.05) is 13.1 Å². The van der Waals surface area contributed by atoms with Gasteiger partial charge in [0, 0.05) is 23.2 Å². The van der Waals surface area contributed by atoms with E-state index in [0.717, 1.165) is 22.6 Å². The van der Waals surface area contributed by atoms with Crippen molar-refractivity contribution in [3.05, 3.63) is 23.0 Å². The first kappa shape index (κ1) is 13.9. The third-order valence-electron chi connectivity index (χ3n) is 3.04. The highest BCUT2D eigenvalue weighted by Crippen LogP contribution is 2.30. The van der Waals surface area contributed by atoms with Crippen molar-refractivity contribution in [2.75, 3.05) is 6.61 Å². The Morgan fingerprint density at radius 1 is 1.47 bits per heavy atom. The van der Waals surface area contributed by atoms with Crippen LogP contribution >= 0.6 is 0 Å². The van der Waals surface area contributed by atoms with Gasteiger partial charge in [0.15, 0.2) is 6.29 Å². The Morgan fingerprint density at radius 3 is 2.89 bits per heavy atom. The van der Waals surface area contributed by atoms with Gasteiger partial charge in [-0.2, -0.15) is 0 Å². The van der Waals surface area contributed by atoms with E-state index in [1.54, 1.807) is 0 Å². The molecule has 19 heavy (non-hydrogen) atoms. The summed E-state index contributed by atoms with van der Waals surface area (Å²) in [5, 5.41) is 0. The summed E-state index contributed by atoms with van der Waals surface area (Å²) < 4.78 is 17.1. The summed E-state index contributed by atoms with van der Waals surface area (Å²) in [7, 11) is 0. The third-order valence-corrected chi connectivity index (χ3v) is 3.04. The van der Waals surface area contributed by atoms with Gasteiger partial charge in [0.05, 0.1) is 18.9 Å². The minimum absolute atomic E-state index is 0.201. The molecule has 1 aromatic rings. The number of rotatable bonds is 3. The lowest BCUT2D eigenvalue weighted by molar-refractivity contribution is -0.172. The van der Waals surface area contributed by atoms with Gasteiger partial charge in [0.1, 0.15) is 12.4 Å². The molecule has 0 N–H and O–H groups in total. The number of hydrogen-bond donors (Lipinski definition) is 0. The van der Waals surface area contributed by atoms with E-state index >= 15 is 0 Å². The molecule has 0 saturated carbocycles. The molecule has 4 nitrogen and oxygen atoms in total. The van der Waals surface area contributed by atoms with Crippen LogP contribution in [0.2, 0.25) is 0 Å². The maximum Gasteiger partial charge on any atom is 0.160 e. The smallest absolute Gasteiger partial charge is 0.160 e. The third kappa shape index (κ3) is 3.06. The Labute approximate surface area is 114 Å². The Bertz CT molecular complexity index is 491. The highest BCUT2D eigenvalue weighted by atomic mass is 16.7. The number of pyridine rings is 1. The zero-order valence-electron chi connectivity index (χ0n) is 11.6. The van der Waals surface area contributed by atoms with Crippen molar-refractivity contribution in [3.63, 3.8) is 0 Å². The fourth-order valence-corrected chi connectivity index (χ4v) is 2.03. The highest BCUT2D eigenvalue weighted by molar-refractivity contribution is 5.41. The molecule has 0 aromatic carbocycles. The first-order chi connectivity index (χ1) is 9.13. The van der Waals surface area contributed by atoms with Crippen LogP contribution in [0.1, 0.15) is 30.7 Å². The first-order valence-electron chi connectivity index (χ1n) is 6.40. The van der Waals surface area contributed by atoms with E-state index in [2.05, 4.69) is 24.8 Å². The van der Waals surface area contributed by atoms with Crippen LogP contribution in [0.3, 0.4) is 0 Å².